The molecule has 0 fully saturated rings. The van der Waals surface area contributed by atoms with E-state index in [1.54, 1.807) is 0 Å². The van der Waals surface area contributed by atoms with Gasteiger partial charge in [-0.15, -0.1) is 0 Å². The Morgan fingerprint density at radius 3 is 2.68 bits per heavy atom. The van der Waals surface area contributed by atoms with Crippen LogP contribution in [0.25, 0.3) is 0 Å². The molecule has 0 saturated carbocycles. The number of nitro groups is 1. The van der Waals surface area contributed by atoms with Gasteiger partial charge in [0.05, 0.1) is 4.92 Å². The molecule has 1 rings (SSSR count). The molecule has 1 aromatic rings. The molecule has 0 spiro atoms. The lowest BCUT2D eigenvalue weighted by molar-refractivity contribution is -0.385. The zero-order chi connectivity index (χ0) is 14.6. The lowest BCUT2D eigenvalue weighted by atomic mass is 10.1. The van der Waals surface area contributed by atoms with E-state index in [4.69, 9.17) is 11.6 Å². The molecule has 0 saturated heterocycles. The highest BCUT2D eigenvalue weighted by Crippen LogP contribution is 2.22. The van der Waals surface area contributed by atoms with Gasteiger partial charge in [0.2, 0.25) is 0 Å². The minimum Gasteiger partial charge on any atom is -0.349 e. The van der Waals surface area contributed by atoms with Crippen molar-refractivity contribution in [2.75, 3.05) is 0 Å². The highest BCUT2D eigenvalue weighted by Gasteiger charge is 2.21. The molecule has 2 unspecified atom stereocenters. The Morgan fingerprint density at radius 1 is 1.53 bits per heavy atom. The highest BCUT2D eigenvalue weighted by molar-refractivity contribution is 9.09. The van der Waals surface area contributed by atoms with E-state index in [-0.39, 0.29) is 27.1 Å². The van der Waals surface area contributed by atoms with E-state index in [0.29, 0.717) is 0 Å². The van der Waals surface area contributed by atoms with Crippen molar-refractivity contribution in [2.24, 2.45) is 0 Å². The molecule has 0 radical (unpaired) electrons. The van der Waals surface area contributed by atoms with Crippen LogP contribution in [-0.2, 0) is 0 Å². The van der Waals surface area contributed by atoms with Crippen LogP contribution in [0.5, 0.6) is 0 Å². The molecule has 0 aromatic heterocycles. The number of alkyl halides is 1. The summed E-state index contributed by atoms with van der Waals surface area (Å²) < 4.78 is 0. The molecule has 19 heavy (non-hydrogen) atoms. The van der Waals surface area contributed by atoms with Gasteiger partial charge in [0.1, 0.15) is 5.56 Å². The SMILES string of the molecule is CC(Br)CC(C)NC(=O)c1cc(Cl)ccc1[N+](=O)[O-]. The van der Waals surface area contributed by atoms with Gasteiger partial charge >= 0.3 is 0 Å². The molecule has 0 bridgehead atoms. The summed E-state index contributed by atoms with van der Waals surface area (Å²) in [6, 6.07) is 3.83. The first-order valence-corrected chi connectivity index (χ1v) is 6.99. The third-order valence-electron chi connectivity index (χ3n) is 2.46. The first-order valence-electron chi connectivity index (χ1n) is 5.70. The van der Waals surface area contributed by atoms with Crippen molar-refractivity contribution < 1.29 is 9.72 Å². The van der Waals surface area contributed by atoms with Gasteiger partial charge in [-0.2, -0.15) is 0 Å². The Kier molecular flexibility index (Phi) is 5.75. The molecule has 5 nitrogen and oxygen atoms in total. The molecular formula is C12H14BrClN2O3. The molecule has 0 aliphatic heterocycles. The Bertz CT molecular complexity index is 494. The van der Waals surface area contributed by atoms with Gasteiger partial charge < -0.3 is 5.32 Å². The van der Waals surface area contributed by atoms with E-state index >= 15 is 0 Å². The predicted molar refractivity (Wildman–Crippen MR) is 78.0 cm³/mol. The first-order chi connectivity index (χ1) is 8.81. The summed E-state index contributed by atoms with van der Waals surface area (Å²) in [6.07, 6.45) is 0.722. The number of carbonyl (C=O) groups excluding carboxylic acids is 1. The Hall–Kier alpha value is -1.14. The van der Waals surface area contributed by atoms with Crippen molar-refractivity contribution in [3.63, 3.8) is 0 Å². The molecule has 104 valence electrons. The second-order valence-electron chi connectivity index (χ2n) is 4.31. The Labute approximate surface area is 124 Å². The molecule has 7 heteroatoms. The van der Waals surface area contributed by atoms with Crippen molar-refractivity contribution in [3.8, 4) is 0 Å². The number of rotatable bonds is 5. The number of nitro benzene ring substituents is 1. The Balaban J connectivity index is 2.92. The predicted octanol–water partition coefficient (Wildman–Crippen LogP) is 3.54. The molecule has 0 aliphatic rings. The second kappa shape index (κ2) is 6.86. The van der Waals surface area contributed by atoms with E-state index in [9.17, 15) is 14.9 Å². The average Bonchev–Trinajstić information content (AvgIpc) is 2.26. The third kappa shape index (κ3) is 4.80. The van der Waals surface area contributed by atoms with Gasteiger partial charge in [0.25, 0.3) is 11.6 Å². The molecule has 1 aromatic carbocycles. The van der Waals surface area contributed by atoms with Crippen molar-refractivity contribution in [2.45, 2.75) is 31.1 Å². The van der Waals surface area contributed by atoms with Crippen LogP contribution in [-0.4, -0.2) is 21.7 Å². The van der Waals surface area contributed by atoms with Gasteiger partial charge in [-0.05, 0) is 25.5 Å². The fourth-order valence-corrected chi connectivity index (χ4v) is 2.43. The number of nitrogens with zero attached hydrogens (tertiary/aromatic N) is 1. The fraction of sp³-hybridized carbons (Fsp3) is 0.417. The maximum atomic E-state index is 12.0. The summed E-state index contributed by atoms with van der Waals surface area (Å²) in [5, 5.41) is 13.9. The van der Waals surface area contributed by atoms with E-state index in [1.165, 1.54) is 18.2 Å². The standard InChI is InChI=1S/C12H14BrClN2O3/c1-7(13)5-8(2)15-12(17)10-6-9(14)3-4-11(10)16(18)19/h3-4,6-8H,5H2,1-2H3,(H,15,17). The Morgan fingerprint density at radius 2 is 2.16 bits per heavy atom. The lowest BCUT2D eigenvalue weighted by Gasteiger charge is -2.15. The summed E-state index contributed by atoms with van der Waals surface area (Å²) in [5.74, 6) is -0.491. The quantitative estimate of drug-likeness (QED) is 0.502. The minimum absolute atomic E-state index is 0.0217. The highest BCUT2D eigenvalue weighted by atomic mass is 79.9. The molecule has 0 aliphatic carbocycles. The van der Waals surface area contributed by atoms with Crippen LogP contribution in [0.4, 0.5) is 5.69 Å². The molecular weight excluding hydrogens is 336 g/mol. The van der Waals surface area contributed by atoms with E-state index < -0.39 is 10.8 Å². The topological polar surface area (TPSA) is 72.2 Å². The van der Waals surface area contributed by atoms with Crippen molar-refractivity contribution in [1.82, 2.24) is 5.32 Å². The minimum atomic E-state index is -0.594. The first kappa shape index (κ1) is 15.9. The number of benzene rings is 1. The summed E-state index contributed by atoms with van der Waals surface area (Å²) in [6.45, 7) is 3.80. The van der Waals surface area contributed by atoms with Gasteiger partial charge in [-0.25, -0.2) is 0 Å². The summed E-state index contributed by atoms with van der Waals surface area (Å²) >= 11 is 9.17. The van der Waals surface area contributed by atoms with Crippen LogP contribution in [0, 0.1) is 10.1 Å². The number of amides is 1. The van der Waals surface area contributed by atoms with E-state index in [0.717, 1.165) is 6.42 Å². The molecule has 2 atom stereocenters. The lowest BCUT2D eigenvalue weighted by Crippen LogP contribution is -2.34. The zero-order valence-corrected chi connectivity index (χ0v) is 12.9. The number of hydrogen-bond acceptors (Lipinski definition) is 3. The van der Waals surface area contributed by atoms with Gasteiger partial charge in [0, 0.05) is 22.0 Å². The maximum Gasteiger partial charge on any atom is 0.282 e. The summed E-state index contributed by atoms with van der Waals surface area (Å²) in [5.41, 5.74) is -0.271. The zero-order valence-electron chi connectivity index (χ0n) is 10.5. The second-order valence-corrected chi connectivity index (χ2v) is 6.31. The normalized spacial score (nSPS) is 13.7. The van der Waals surface area contributed by atoms with Crippen molar-refractivity contribution in [1.29, 1.82) is 0 Å². The van der Waals surface area contributed by atoms with Crippen LogP contribution in [0.15, 0.2) is 18.2 Å². The van der Waals surface area contributed by atoms with Crippen LogP contribution < -0.4 is 5.32 Å². The van der Waals surface area contributed by atoms with Crippen LogP contribution in [0.2, 0.25) is 5.02 Å². The summed E-state index contributed by atoms with van der Waals surface area (Å²) in [7, 11) is 0. The smallest absolute Gasteiger partial charge is 0.282 e. The number of carbonyl (C=O) groups is 1. The number of nitrogens with one attached hydrogen (secondary N) is 1. The average molecular weight is 350 g/mol. The monoisotopic (exact) mass is 348 g/mol. The molecule has 1 N–H and O–H groups in total. The van der Waals surface area contributed by atoms with Crippen LogP contribution >= 0.6 is 27.5 Å². The fourth-order valence-electron chi connectivity index (χ4n) is 1.70. The van der Waals surface area contributed by atoms with Crippen molar-refractivity contribution in [3.05, 3.63) is 38.9 Å². The largest absolute Gasteiger partial charge is 0.349 e. The third-order valence-corrected chi connectivity index (χ3v) is 3.06. The number of hydrogen-bond donors (Lipinski definition) is 1. The van der Waals surface area contributed by atoms with Gasteiger partial charge in [-0.1, -0.05) is 34.5 Å². The van der Waals surface area contributed by atoms with Gasteiger partial charge in [-0.3, -0.25) is 14.9 Å². The van der Waals surface area contributed by atoms with Crippen LogP contribution in [0.1, 0.15) is 30.6 Å². The summed E-state index contributed by atoms with van der Waals surface area (Å²) in [4.78, 5) is 22.6. The maximum absolute atomic E-state index is 12.0. The molecule has 1 amide bonds. The van der Waals surface area contributed by atoms with E-state index in [1.807, 2.05) is 13.8 Å². The van der Waals surface area contributed by atoms with E-state index in [2.05, 4.69) is 21.2 Å². The van der Waals surface area contributed by atoms with Gasteiger partial charge in [0.15, 0.2) is 0 Å². The van der Waals surface area contributed by atoms with Crippen LogP contribution in [0.3, 0.4) is 0 Å². The molecule has 0 heterocycles. The van der Waals surface area contributed by atoms with Crippen molar-refractivity contribution >= 4 is 39.1 Å². The number of halogens is 2.